The summed E-state index contributed by atoms with van der Waals surface area (Å²) in [6, 6.07) is 20.8. The Kier molecular flexibility index (Phi) is 11.6. The number of aryl methyl sites for hydroxylation is 1. The smallest absolute Gasteiger partial charge is 0.244 e. The van der Waals surface area contributed by atoms with Gasteiger partial charge in [0.05, 0.1) is 19.1 Å². The molecule has 220 valence electrons. The molecule has 0 aliphatic rings. The van der Waals surface area contributed by atoms with Crippen molar-refractivity contribution in [1.29, 1.82) is 0 Å². The van der Waals surface area contributed by atoms with Crippen molar-refractivity contribution in [2.75, 3.05) is 30.8 Å². The van der Waals surface area contributed by atoms with Gasteiger partial charge in [0, 0.05) is 24.5 Å². The van der Waals surface area contributed by atoms with E-state index in [2.05, 4.69) is 5.32 Å². The molecule has 41 heavy (non-hydrogen) atoms. The van der Waals surface area contributed by atoms with E-state index in [-0.39, 0.29) is 35.3 Å². The Labute approximate surface area is 248 Å². The van der Waals surface area contributed by atoms with E-state index in [1.54, 1.807) is 12.1 Å². The quantitative estimate of drug-likeness (QED) is 0.264. The SMILES string of the molecule is CCCCNC(=O)[C@@H](Cc1ccccc1)N(Cc1ccc(C)cc1)C(=O)CN(c1cc(Cl)ccc1OC)S(C)(=O)=O. The summed E-state index contributed by atoms with van der Waals surface area (Å²) in [5.74, 6) is -0.588. The van der Waals surface area contributed by atoms with E-state index in [9.17, 15) is 18.0 Å². The van der Waals surface area contributed by atoms with Gasteiger partial charge in [-0.1, -0.05) is 85.1 Å². The molecular weight excluding hydrogens is 562 g/mol. The van der Waals surface area contributed by atoms with Crippen molar-refractivity contribution >= 4 is 39.1 Å². The minimum Gasteiger partial charge on any atom is -0.495 e. The first kappa shape index (κ1) is 32.0. The second-order valence-electron chi connectivity index (χ2n) is 9.94. The molecule has 0 aliphatic carbocycles. The van der Waals surface area contributed by atoms with Gasteiger partial charge in [0.15, 0.2) is 0 Å². The van der Waals surface area contributed by atoms with Gasteiger partial charge >= 0.3 is 0 Å². The van der Waals surface area contributed by atoms with Crippen molar-refractivity contribution in [2.45, 2.75) is 45.7 Å². The van der Waals surface area contributed by atoms with Gasteiger partial charge in [-0.25, -0.2) is 8.42 Å². The van der Waals surface area contributed by atoms with Crippen LogP contribution in [0, 0.1) is 6.92 Å². The van der Waals surface area contributed by atoms with E-state index in [4.69, 9.17) is 16.3 Å². The summed E-state index contributed by atoms with van der Waals surface area (Å²) in [4.78, 5) is 29.3. The van der Waals surface area contributed by atoms with Crippen molar-refractivity contribution < 1.29 is 22.7 Å². The molecule has 3 aromatic rings. The van der Waals surface area contributed by atoms with Crippen LogP contribution in [0.2, 0.25) is 5.02 Å². The van der Waals surface area contributed by atoms with Crippen LogP contribution in [0.3, 0.4) is 0 Å². The number of unbranched alkanes of at least 4 members (excludes halogenated alkanes) is 1. The molecule has 3 aromatic carbocycles. The van der Waals surface area contributed by atoms with E-state index in [1.807, 2.05) is 68.4 Å². The van der Waals surface area contributed by atoms with Gasteiger partial charge in [0.1, 0.15) is 18.3 Å². The zero-order valence-corrected chi connectivity index (χ0v) is 25.5. The van der Waals surface area contributed by atoms with Crippen LogP contribution in [-0.2, 0) is 32.6 Å². The summed E-state index contributed by atoms with van der Waals surface area (Å²) < 4.78 is 32.4. The Morgan fingerprint density at radius 1 is 1.00 bits per heavy atom. The molecule has 1 N–H and O–H groups in total. The number of hydrogen-bond acceptors (Lipinski definition) is 5. The lowest BCUT2D eigenvalue weighted by Gasteiger charge is -2.33. The molecular formula is C31H38ClN3O5S. The monoisotopic (exact) mass is 599 g/mol. The lowest BCUT2D eigenvalue weighted by molar-refractivity contribution is -0.140. The molecule has 0 saturated carbocycles. The summed E-state index contributed by atoms with van der Waals surface area (Å²) in [5.41, 5.74) is 2.88. The number of carbonyl (C=O) groups excluding carboxylic acids is 2. The van der Waals surface area contributed by atoms with Crippen LogP contribution in [-0.4, -0.2) is 57.6 Å². The van der Waals surface area contributed by atoms with Crippen LogP contribution in [0.15, 0.2) is 72.8 Å². The summed E-state index contributed by atoms with van der Waals surface area (Å²) in [5, 5.41) is 3.26. The highest BCUT2D eigenvalue weighted by Gasteiger charge is 2.33. The zero-order valence-electron chi connectivity index (χ0n) is 24.0. The maximum atomic E-state index is 14.2. The molecule has 0 aromatic heterocycles. The number of amides is 2. The third-order valence-corrected chi connectivity index (χ3v) is 8.02. The number of ether oxygens (including phenoxy) is 1. The van der Waals surface area contributed by atoms with Crippen molar-refractivity contribution in [3.63, 3.8) is 0 Å². The Morgan fingerprint density at radius 2 is 1.68 bits per heavy atom. The number of rotatable bonds is 14. The first-order valence-corrected chi connectivity index (χ1v) is 15.7. The molecule has 0 fully saturated rings. The molecule has 1 atom stereocenters. The lowest BCUT2D eigenvalue weighted by Crippen LogP contribution is -2.53. The number of anilines is 1. The van der Waals surface area contributed by atoms with Gasteiger partial charge < -0.3 is 15.0 Å². The fourth-order valence-corrected chi connectivity index (χ4v) is 5.41. The number of methoxy groups -OCH3 is 1. The molecule has 10 heteroatoms. The largest absolute Gasteiger partial charge is 0.495 e. The van der Waals surface area contributed by atoms with Gasteiger partial charge in [0.2, 0.25) is 21.8 Å². The summed E-state index contributed by atoms with van der Waals surface area (Å²) in [6.07, 6.45) is 2.98. The van der Waals surface area contributed by atoms with Crippen LogP contribution in [0.5, 0.6) is 5.75 Å². The van der Waals surface area contributed by atoms with Crippen LogP contribution in [0.4, 0.5) is 5.69 Å². The molecule has 0 aliphatic heterocycles. The normalized spacial score (nSPS) is 11.9. The standard InChI is InChI=1S/C31H38ClN3O5S/c1-5-6-18-33-31(37)28(19-24-10-8-7-9-11-24)34(21-25-14-12-23(2)13-15-25)30(36)22-35(41(4,38)39)27-20-26(32)16-17-29(27)40-3/h7-17,20,28H,5-6,18-19,21-22H2,1-4H3,(H,33,37)/t28-/m1/s1. The van der Waals surface area contributed by atoms with Crippen LogP contribution >= 0.6 is 11.6 Å². The zero-order chi connectivity index (χ0) is 30.0. The minimum absolute atomic E-state index is 0.113. The first-order valence-electron chi connectivity index (χ1n) is 13.5. The topological polar surface area (TPSA) is 96.0 Å². The lowest BCUT2D eigenvalue weighted by atomic mass is 10.0. The van der Waals surface area contributed by atoms with Gasteiger partial charge in [0.25, 0.3) is 0 Å². The van der Waals surface area contributed by atoms with Crippen molar-refractivity contribution in [3.8, 4) is 5.75 Å². The van der Waals surface area contributed by atoms with Crippen LogP contribution in [0.1, 0.15) is 36.5 Å². The molecule has 0 saturated heterocycles. The third kappa shape index (κ3) is 9.23. The predicted molar refractivity (Wildman–Crippen MR) is 164 cm³/mol. The number of benzene rings is 3. The van der Waals surface area contributed by atoms with E-state index in [0.29, 0.717) is 6.54 Å². The number of nitrogens with zero attached hydrogens (tertiary/aromatic N) is 2. The molecule has 3 rings (SSSR count). The van der Waals surface area contributed by atoms with Crippen molar-refractivity contribution in [3.05, 3.63) is 94.5 Å². The molecule has 0 radical (unpaired) electrons. The number of sulfonamides is 1. The molecule has 0 bridgehead atoms. The van der Waals surface area contributed by atoms with Gasteiger partial charge in [-0.2, -0.15) is 0 Å². The van der Waals surface area contributed by atoms with Gasteiger partial charge in [-0.05, 0) is 42.7 Å². The maximum Gasteiger partial charge on any atom is 0.244 e. The first-order chi connectivity index (χ1) is 19.5. The number of nitrogens with one attached hydrogen (secondary N) is 1. The molecule has 2 amide bonds. The second-order valence-corrected chi connectivity index (χ2v) is 12.3. The molecule has 0 unspecified atom stereocenters. The highest BCUT2D eigenvalue weighted by atomic mass is 35.5. The van der Waals surface area contributed by atoms with E-state index in [1.165, 1.54) is 18.1 Å². The highest BCUT2D eigenvalue weighted by Crippen LogP contribution is 2.33. The Morgan fingerprint density at radius 3 is 2.29 bits per heavy atom. The van der Waals surface area contributed by atoms with Crippen LogP contribution < -0.4 is 14.4 Å². The Balaban J connectivity index is 2.07. The van der Waals surface area contributed by atoms with Crippen molar-refractivity contribution in [1.82, 2.24) is 10.2 Å². The molecule has 8 nitrogen and oxygen atoms in total. The number of halogens is 1. The fourth-order valence-electron chi connectivity index (χ4n) is 4.40. The third-order valence-electron chi connectivity index (χ3n) is 6.66. The predicted octanol–water partition coefficient (Wildman–Crippen LogP) is 4.98. The maximum absolute atomic E-state index is 14.2. The Hall–Kier alpha value is -3.56. The Bertz CT molecular complexity index is 1420. The van der Waals surface area contributed by atoms with E-state index < -0.39 is 28.5 Å². The average molecular weight is 600 g/mol. The van der Waals surface area contributed by atoms with Gasteiger partial charge in [-0.15, -0.1) is 0 Å². The summed E-state index contributed by atoms with van der Waals surface area (Å²) >= 11 is 6.20. The summed E-state index contributed by atoms with van der Waals surface area (Å²) in [6.45, 7) is 4.04. The highest BCUT2D eigenvalue weighted by molar-refractivity contribution is 7.92. The second kappa shape index (κ2) is 14.9. The van der Waals surface area contributed by atoms with Gasteiger partial charge in [-0.3, -0.25) is 13.9 Å². The number of carbonyl (C=O) groups is 2. The molecule has 0 heterocycles. The fraction of sp³-hybridized carbons (Fsp3) is 0.355. The van der Waals surface area contributed by atoms with E-state index in [0.717, 1.165) is 40.1 Å². The van der Waals surface area contributed by atoms with Crippen molar-refractivity contribution in [2.24, 2.45) is 0 Å². The minimum atomic E-state index is -3.95. The van der Waals surface area contributed by atoms with Crippen LogP contribution in [0.25, 0.3) is 0 Å². The number of hydrogen-bond donors (Lipinski definition) is 1. The van der Waals surface area contributed by atoms with E-state index >= 15 is 0 Å². The summed E-state index contributed by atoms with van der Waals surface area (Å²) in [7, 11) is -2.54. The molecule has 0 spiro atoms. The average Bonchev–Trinajstić information content (AvgIpc) is 2.94.